The second-order valence-electron chi connectivity index (χ2n) is 7.06. The number of carbonyl (C=O) groups is 2. The Bertz CT molecular complexity index is 1150. The number of halogens is 2. The third-order valence-corrected chi connectivity index (χ3v) is 5.17. The van der Waals surface area contributed by atoms with Crippen LogP contribution in [0.5, 0.6) is 0 Å². The van der Waals surface area contributed by atoms with Crippen LogP contribution in [0.2, 0.25) is 10.0 Å². The number of benzene rings is 1. The topological polar surface area (TPSA) is 83.6 Å². The molecule has 0 spiro atoms. The van der Waals surface area contributed by atoms with Crippen molar-refractivity contribution in [3.63, 3.8) is 0 Å². The molecule has 0 aliphatic carbocycles. The number of pyridine rings is 1. The minimum Gasteiger partial charge on any atom is -0.459 e. The lowest BCUT2D eigenvalue weighted by atomic mass is 10.0. The molecule has 6 nitrogen and oxygen atoms in total. The summed E-state index contributed by atoms with van der Waals surface area (Å²) in [5, 5.41) is 12.7. The van der Waals surface area contributed by atoms with Gasteiger partial charge in [-0.25, -0.2) is 4.79 Å². The Kier molecular flexibility index (Phi) is 6.66. The van der Waals surface area contributed by atoms with Crippen LogP contribution in [-0.4, -0.2) is 22.3 Å². The van der Waals surface area contributed by atoms with Gasteiger partial charge in [-0.15, -0.1) is 0 Å². The van der Waals surface area contributed by atoms with E-state index < -0.39 is 17.9 Å². The van der Waals surface area contributed by atoms with Gasteiger partial charge in [0.25, 0.3) is 5.91 Å². The summed E-state index contributed by atoms with van der Waals surface area (Å²) in [4.78, 5) is 25.3. The fourth-order valence-corrected chi connectivity index (χ4v) is 3.54. The quantitative estimate of drug-likeness (QED) is 0.563. The molecule has 0 fully saturated rings. The van der Waals surface area contributed by atoms with Gasteiger partial charge in [0.2, 0.25) is 0 Å². The zero-order valence-electron chi connectivity index (χ0n) is 16.4. The minimum atomic E-state index is -0.883. The highest BCUT2D eigenvalue weighted by molar-refractivity contribution is 6.36. The van der Waals surface area contributed by atoms with Crippen LogP contribution in [0, 0.1) is 17.2 Å². The number of carbonyl (C=O) groups excluding carboxylic acids is 2. The standard InChI is InChI=1S/C22H19Cl2N3O3/c1-13(2)20(26-21(28)16-7-6-15(23)9-18(16)24)22(29)30-12-14-11-27-8-4-3-5-19(27)17(14)10-25/h3-9,11,13,20H,12H2,1-2H3,(H,26,28). The fraction of sp³-hybridized carbons (Fsp3) is 0.227. The van der Waals surface area contributed by atoms with Crippen molar-refractivity contribution < 1.29 is 14.3 Å². The summed E-state index contributed by atoms with van der Waals surface area (Å²) in [6.07, 6.45) is 3.56. The van der Waals surface area contributed by atoms with E-state index in [1.165, 1.54) is 12.1 Å². The molecule has 2 aromatic heterocycles. The van der Waals surface area contributed by atoms with E-state index >= 15 is 0 Å². The van der Waals surface area contributed by atoms with Crippen LogP contribution in [0.4, 0.5) is 0 Å². The Morgan fingerprint density at radius 3 is 2.67 bits per heavy atom. The van der Waals surface area contributed by atoms with E-state index in [-0.39, 0.29) is 23.1 Å². The molecule has 0 saturated carbocycles. The SMILES string of the molecule is CC(C)C(NC(=O)c1ccc(Cl)cc1Cl)C(=O)OCc1cn2ccccc2c1C#N. The minimum absolute atomic E-state index is 0.0792. The fourth-order valence-electron chi connectivity index (χ4n) is 3.04. The number of hydrogen-bond acceptors (Lipinski definition) is 4. The number of nitrogens with zero attached hydrogens (tertiary/aromatic N) is 2. The molecule has 1 amide bonds. The first kappa shape index (κ1) is 21.7. The first-order chi connectivity index (χ1) is 14.3. The summed E-state index contributed by atoms with van der Waals surface area (Å²) in [5.41, 5.74) is 1.98. The van der Waals surface area contributed by atoms with Crippen molar-refractivity contribution in [3.05, 3.63) is 75.5 Å². The highest BCUT2D eigenvalue weighted by Gasteiger charge is 2.27. The number of rotatable bonds is 6. The van der Waals surface area contributed by atoms with Crippen molar-refractivity contribution in [2.24, 2.45) is 5.92 Å². The van der Waals surface area contributed by atoms with Crippen LogP contribution < -0.4 is 5.32 Å². The highest BCUT2D eigenvalue weighted by Crippen LogP contribution is 2.22. The highest BCUT2D eigenvalue weighted by atomic mass is 35.5. The van der Waals surface area contributed by atoms with Gasteiger partial charge in [0.05, 0.1) is 21.7 Å². The van der Waals surface area contributed by atoms with Crippen molar-refractivity contribution in [1.29, 1.82) is 5.26 Å². The maximum absolute atomic E-state index is 12.7. The lowest BCUT2D eigenvalue weighted by Crippen LogP contribution is -2.45. The van der Waals surface area contributed by atoms with Crippen LogP contribution in [0.15, 0.2) is 48.8 Å². The lowest BCUT2D eigenvalue weighted by Gasteiger charge is -2.21. The summed E-state index contributed by atoms with van der Waals surface area (Å²) < 4.78 is 7.24. The summed E-state index contributed by atoms with van der Waals surface area (Å²) in [7, 11) is 0. The van der Waals surface area contributed by atoms with Crippen molar-refractivity contribution in [2.45, 2.75) is 26.5 Å². The Morgan fingerprint density at radius 2 is 2.00 bits per heavy atom. The Labute approximate surface area is 184 Å². The van der Waals surface area contributed by atoms with E-state index in [1.807, 2.05) is 24.4 Å². The molecular formula is C22H19Cl2N3O3. The van der Waals surface area contributed by atoms with Crippen LogP contribution >= 0.6 is 23.2 Å². The van der Waals surface area contributed by atoms with Gasteiger partial charge in [-0.1, -0.05) is 43.1 Å². The maximum Gasteiger partial charge on any atom is 0.329 e. The van der Waals surface area contributed by atoms with Crippen molar-refractivity contribution in [3.8, 4) is 6.07 Å². The van der Waals surface area contributed by atoms with Gasteiger partial charge in [-0.2, -0.15) is 5.26 Å². The number of hydrogen-bond donors (Lipinski definition) is 1. The predicted octanol–water partition coefficient (Wildman–Crippen LogP) is 4.62. The largest absolute Gasteiger partial charge is 0.459 e. The van der Waals surface area contributed by atoms with E-state index in [0.717, 1.165) is 5.52 Å². The number of amides is 1. The molecule has 0 aliphatic rings. The molecule has 2 heterocycles. The molecule has 0 saturated heterocycles. The van der Waals surface area contributed by atoms with Gasteiger partial charge in [-0.05, 0) is 36.2 Å². The smallest absolute Gasteiger partial charge is 0.329 e. The summed E-state index contributed by atoms with van der Waals surface area (Å²) in [6, 6.07) is 11.3. The number of nitrogens with one attached hydrogen (secondary N) is 1. The second kappa shape index (κ2) is 9.21. The maximum atomic E-state index is 12.7. The van der Waals surface area contributed by atoms with E-state index in [0.29, 0.717) is 16.1 Å². The molecule has 0 radical (unpaired) electrons. The van der Waals surface area contributed by atoms with E-state index in [4.69, 9.17) is 27.9 Å². The average Bonchev–Trinajstić information content (AvgIpc) is 3.07. The van der Waals surface area contributed by atoms with Gasteiger partial charge in [-0.3, -0.25) is 4.79 Å². The molecule has 1 atom stereocenters. The first-order valence-corrected chi connectivity index (χ1v) is 9.98. The monoisotopic (exact) mass is 443 g/mol. The second-order valence-corrected chi connectivity index (χ2v) is 7.90. The van der Waals surface area contributed by atoms with Gasteiger partial charge in [0.1, 0.15) is 18.7 Å². The first-order valence-electron chi connectivity index (χ1n) is 9.23. The summed E-state index contributed by atoms with van der Waals surface area (Å²) >= 11 is 12.0. The summed E-state index contributed by atoms with van der Waals surface area (Å²) in [6.45, 7) is 3.51. The average molecular weight is 444 g/mol. The molecule has 154 valence electrons. The molecular weight excluding hydrogens is 425 g/mol. The molecule has 0 bridgehead atoms. The van der Waals surface area contributed by atoms with Crippen LogP contribution in [0.3, 0.4) is 0 Å². The molecule has 3 aromatic rings. The van der Waals surface area contributed by atoms with Crippen LogP contribution in [0.25, 0.3) is 5.52 Å². The lowest BCUT2D eigenvalue weighted by molar-refractivity contribution is -0.148. The number of ether oxygens (including phenoxy) is 1. The van der Waals surface area contributed by atoms with Crippen molar-refractivity contribution >= 4 is 40.6 Å². The van der Waals surface area contributed by atoms with Gasteiger partial charge >= 0.3 is 5.97 Å². The zero-order chi connectivity index (χ0) is 21.8. The van der Waals surface area contributed by atoms with Crippen LogP contribution in [0.1, 0.15) is 35.3 Å². The molecule has 1 aromatic carbocycles. The number of esters is 1. The van der Waals surface area contributed by atoms with Crippen LogP contribution in [-0.2, 0) is 16.1 Å². The van der Waals surface area contributed by atoms with Gasteiger partial charge in [0, 0.05) is 23.0 Å². The number of aromatic nitrogens is 1. The molecule has 0 aliphatic heterocycles. The number of fused-ring (bicyclic) bond motifs is 1. The Morgan fingerprint density at radius 1 is 1.23 bits per heavy atom. The zero-order valence-corrected chi connectivity index (χ0v) is 17.9. The predicted molar refractivity (Wildman–Crippen MR) is 114 cm³/mol. The number of nitriles is 1. The normalized spacial score (nSPS) is 11.9. The molecule has 1 unspecified atom stereocenters. The third-order valence-electron chi connectivity index (χ3n) is 4.63. The van der Waals surface area contributed by atoms with E-state index in [9.17, 15) is 14.9 Å². The molecule has 30 heavy (non-hydrogen) atoms. The van der Waals surface area contributed by atoms with E-state index in [2.05, 4.69) is 11.4 Å². The summed E-state index contributed by atoms with van der Waals surface area (Å²) in [5.74, 6) is -1.32. The van der Waals surface area contributed by atoms with Crippen molar-refractivity contribution in [1.82, 2.24) is 9.72 Å². The van der Waals surface area contributed by atoms with Gasteiger partial charge in [0.15, 0.2) is 0 Å². The third kappa shape index (κ3) is 4.59. The molecule has 8 heteroatoms. The Hall–Kier alpha value is -3.01. The molecule has 1 N–H and O–H groups in total. The van der Waals surface area contributed by atoms with Gasteiger partial charge < -0.3 is 14.5 Å². The molecule has 3 rings (SSSR count). The van der Waals surface area contributed by atoms with E-state index in [1.54, 1.807) is 30.5 Å². The Balaban J connectivity index is 1.73. The van der Waals surface area contributed by atoms with Crippen molar-refractivity contribution in [2.75, 3.05) is 0 Å².